The maximum Gasteiger partial charge on any atom is 0.419 e. The minimum absolute atomic E-state index is 0.000993. The van der Waals surface area contributed by atoms with Crippen LogP contribution in [0.4, 0.5) is 29.1 Å². The topological polar surface area (TPSA) is 76.6 Å². The standard InChI is InChI=1S/C25H22F4N4O3/c26-17-9-18-15(8-19(17)33-6-7-35-12-21(33)34)23-30-11-14-2-1-3-16(25(27,28)29)22(14)36-13-24(4-5-24)10-20(31-18)32-23/h1-3,8-9H,4-7,10-13H2,(H,30,31,32). The molecule has 3 aliphatic rings. The zero-order valence-corrected chi connectivity index (χ0v) is 19.1. The summed E-state index contributed by atoms with van der Waals surface area (Å²) in [4.78, 5) is 22.9. The molecule has 1 spiro atoms. The summed E-state index contributed by atoms with van der Waals surface area (Å²) in [7, 11) is 0. The number of ether oxygens (including phenoxy) is 2. The van der Waals surface area contributed by atoms with E-state index in [1.165, 1.54) is 23.1 Å². The van der Waals surface area contributed by atoms with Gasteiger partial charge in [0.05, 0.1) is 30.0 Å². The summed E-state index contributed by atoms with van der Waals surface area (Å²) in [5.74, 6) is -0.330. The summed E-state index contributed by atoms with van der Waals surface area (Å²) >= 11 is 0. The summed E-state index contributed by atoms with van der Waals surface area (Å²) < 4.78 is 67.4. The van der Waals surface area contributed by atoms with E-state index in [0.717, 1.165) is 18.9 Å². The number of fused-ring (bicyclic) bond motifs is 5. The van der Waals surface area contributed by atoms with Gasteiger partial charge in [-0.15, -0.1) is 0 Å². The highest BCUT2D eigenvalue weighted by Crippen LogP contribution is 2.50. The molecule has 1 N–H and O–H groups in total. The van der Waals surface area contributed by atoms with Gasteiger partial charge in [0.1, 0.15) is 29.8 Å². The Labute approximate surface area is 203 Å². The molecule has 1 saturated carbocycles. The van der Waals surface area contributed by atoms with E-state index in [-0.39, 0.29) is 55.7 Å². The Morgan fingerprint density at radius 2 is 1.97 bits per heavy atom. The van der Waals surface area contributed by atoms with Crippen LogP contribution in [0.2, 0.25) is 0 Å². The molecule has 0 radical (unpaired) electrons. The first-order valence-corrected chi connectivity index (χ1v) is 11.7. The van der Waals surface area contributed by atoms with Crippen LogP contribution >= 0.6 is 0 Å². The third kappa shape index (κ3) is 4.11. The Balaban J connectivity index is 1.47. The molecule has 1 aliphatic carbocycles. The van der Waals surface area contributed by atoms with Crippen molar-refractivity contribution in [3.8, 4) is 5.75 Å². The number of hydrogen-bond acceptors (Lipinski definition) is 6. The highest BCUT2D eigenvalue weighted by atomic mass is 19.4. The Kier molecular flexibility index (Phi) is 5.29. The lowest BCUT2D eigenvalue weighted by molar-refractivity contribution is -0.139. The van der Waals surface area contributed by atoms with Gasteiger partial charge in [0.2, 0.25) is 0 Å². The molecule has 2 aliphatic heterocycles. The van der Waals surface area contributed by atoms with Crippen LogP contribution in [0, 0.1) is 11.2 Å². The van der Waals surface area contributed by atoms with Gasteiger partial charge in [-0.05, 0) is 25.0 Å². The predicted octanol–water partition coefficient (Wildman–Crippen LogP) is 4.48. The molecular weight excluding hydrogens is 480 g/mol. The lowest BCUT2D eigenvalue weighted by atomic mass is 10.0. The smallest absolute Gasteiger partial charge is 0.419 e. The molecule has 1 amide bonds. The number of amides is 1. The van der Waals surface area contributed by atoms with Crippen LogP contribution in [0.15, 0.2) is 30.3 Å². The van der Waals surface area contributed by atoms with Crippen molar-refractivity contribution >= 4 is 28.3 Å². The zero-order valence-electron chi connectivity index (χ0n) is 19.1. The zero-order chi connectivity index (χ0) is 25.1. The molecule has 0 unspecified atom stereocenters. The van der Waals surface area contributed by atoms with Gasteiger partial charge in [0.15, 0.2) is 0 Å². The van der Waals surface area contributed by atoms with Gasteiger partial charge in [0.25, 0.3) is 5.91 Å². The molecule has 3 aromatic rings. The Bertz CT molecular complexity index is 1370. The minimum Gasteiger partial charge on any atom is -0.492 e. The van der Waals surface area contributed by atoms with Gasteiger partial charge < -0.3 is 19.7 Å². The summed E-state index contributed by atoms with van der Waals surface area (Å²) in [5.41, 5.74) is -0.425. The van der Waals surface area contributed by atoms with Crippen molar-refractivity contribution in [1.29, 1.82) is 0 Å². The summed E-state index contributed by atoms with van der Waals surface area (Å²) in [6.07, 6.45) is -2.63. The van der Waals surface area contributed by atoms with E-state index in [1.54, 1.807) is 6.07 Å². The van der Waals surface area contributed by atoms with Gasteiger partial charge in [-0.25, -0.2) is 14.4 Å². The first-order valence-electron chi connectivity index (χ1n) is 11.7. The highest BCUT2D eigenvalue weighted by Gasteiger charge is 2.45. The van der Waals surface area contributed by atoms with Gasteiger partial charge in [-0.3, -0.25) is 4.79 Å². The van der Waals surface area contributed by atoms with Crippen molar-refractivity contribution < 1.29 is 31.8 Å². The molecular formula is C25H22F4N4O3. The second kappa shape index (κ2) is 8.29. The molecule has 11 heteroatoms. The van der Waals surface area contributed by atoms with Crippen LogP contribution < -0.4 is 15.0 Å². The molecule has 1 aromatic heterocycles. The lowest BCUT2D eigenvalue weighted by Crippen LogP contribution is -2.42. The molecule has 36 heavy (non-hydrogen) atoms. The van der Waals surface area contributed by atoms with Crippen LogP contribution in [0.1, 0.15) is 29.8 Å². The van der Waals surface area contributed by atoms with Crippen LogP contribution in [-0.2, 0) is 28.7 Å². The molecule has 188 valence electrons. The van der Waals surface area contributed by atoms with Gasteiger partial charge in [-0.1, -0.05) is 12.1 Å². The van der Waals surface area contributed by atoms with Crippen molar-refractivity contribution in [3.63, 3.8) is 0 Å². The van der Waals surface area contributed by atoms with Crippen molar-refractivity contribution in [1.82, 2.24) is 9.97 Å². The van der Waals surface area contributed by atoms with Crippen LogP contribution in [0.25, 0.3) is 10.9 Å². The SMILES string of the molecule is O=C1COCCN1c1cc2c3nc(nc2cc1F)CC1(CC1)COc1c(cccc1C(F)(F)F)CN3. The number of hydrogen-bond donors (Lipinski definition) is 1. The van der Waals surface area contributed by atoms with Crippen molar-refractivity contribution in [2.45, 2.75) is 32.0 Å². The molecule has 2 fully saturated rings. The third-order valence-corrected chi connectivity index (χ3v) is 6.95. The van der Waals surface area contributed by atoms with Crippen LogP contribution in [0.3, 0.4) is 0 Å². The maximum atomic E-state index is 15.1. The third-order valence-electron chi connectivity index (χ3n) is 6.95. The van der Waals surface area contributed by atoms with E-state index in [0.29, 0.717) is 34.5 Å². The summed E-state index contributed by atoms with van der Waals surface area (Å²) in [5, 5.41) is 3.59. The number of nitrogens with one attached hydrogen (secondary N) is 1. The van der Waals surface area contributed by atoms with Gasteiger partial charge in [0, 0.05) is 41.9 Å². The Morgan fingerprint density at radius 1 is 1.14 bits per heavy atom. The van der Waals surface area contributed by atoms with E-state index < -0.39 is 17.6 Å². The number of nitrogens with zero attached hydrogens (tertiary/aromatic N) is 3. The molecule has 7 nitrogen and oxygen atoms in total. The van der Waals surface area contributed by atoms with Gasteiger partial charge >= 0.3 is 6.18 Å². The number of carbonyl (C=O) groups excluding carboxylic acids is 1. The van der Waals surface area contributed by atoms with E-state index in [2.05, 4.69) is 15.3 Å². The quantitative estimate of drug-likeness (QED) is 0.495. The van der Waals surface area contributed by atoms with Gasteiger partial charge in [-0.2, -0.15) is 13.2 Å². The van der Waals surface area contributed by atoms with E-state index in [9.17, 15) is 18.0 Å². The number of aromatic nitrogens is 2. The fraction of sp³-hybridized carbons (Fsp3) is 0.400. The number of para-hydroxylation sites is 1. The molecule has 0 atom stereocenters. The first kappa shape index (κ1) is 23.0. The number of morpholine rings is 1. The predicted molar refractivity (Wildman–Crippen MR) is 122 cm³/mol. The second-order valence-corrected chi connectivity index (χ2v) is 9.52. The van der Waals surface area contributed by atoms with Crippen molar-refractivity contribution in [3.05, 3.63) is 53.1 Å². The summed E-state index contributed by atoms with van der Waals surface area (Å²) in [6.45, 7) is 0.455. The van der Waals surface area contributed by atoms with Crippen molar-refractivity contribution in [2.24, 2.45) is 5.41 Å². The lowest BCUT2D eigenvalue weighted by Gasteiger charge is -2.27. The number of halogens is 4. The number of carbonyl (C=O) groups is 1. The Hall–Kier alpha value is -3.47. The molecule has 6 rings (SSSR count). The van der Waals surface area contributed by atoms with E-state index in [1.807, 2.05) is 0 Å². The molecule has 2 aromatic carbocycles. The molecule has 1 saturated heterocycles. The largest absolute Gasteiger partial charge is 0.492 e. The number of benzene rings is 2. The first-order chi connectivity index (χ1) is 17.2. The fourth-order valence-electron chi connectivity index (χ4n) is 4.79. The van der Waals surface area contributed by atoms with Crippen LogP contribution in [0.5, 0.6) is 5.75 Å². The van der Waals surface area contributed by atoms with Crippen LogP contribution in [-0.4, -0.2) is 42.2 Å². The average molecular weight is 502 g/mol. The fourth-order valence-corrected chi connectivity index (χ4v) is 4.79. The monoisotopic (exact) mass is 502 g/mol. The minimum atomic E-state index is -4.57. The highest BCUT2D eigenvalue weighted by molar-refractivity contribution is 5.99. The number of anilines is 2. The molecule has 2 bridgehead atoms. The number of rotatable bonds is 1. The normalized spacial score (nSPS) is 19.3. The average Bonchev–Trinajstić information content (AvgIpc) is 3.60. The van der Waals surface area contributed by atoms with Crippen molar-refractivity contribution in [2.75, 3.05) is 36.6 Å². The maximum absolute atomic E-state index is 15.1. The number of alkyl halides is 3. The molecule has 3 heterocycles. The Morgan fingerprint density at radius 3 is 2.72 bits per heavy atom. The summed E-state index contributed by atoms with van der Waals surface area (Å²) in [6, 6.07) is 6.73. The second-order valence-electron chi connectivity index (χ2n) is 9.52. The van der Waals surface area contributed by atoms with E-state index in [4.69, 9.17) is 9.47 Å². The van der Waals surface area contributed by atoms with E-state index >= 15 is 4.39 Å².